The Hall–Kier alpha value is -3.35. The molecule has 126 valence electrons. The van der Waals surface area contributed by atoms with E-state index in [0.717, 1.165) is 5.56 Å². The van der Waals surface area contributed by atoms with Crippen LogP contribution in [0.4, 0.5) is 16.0 Å². The number of hydrogen-bond donors (Lipinski definition) is 2. The van der Waals surface area contributed by atoms with E-state index in [0.29, 0.717) is 23.9 Å². The quantitative estimate of drug-likeness (QED) is 0.747. The maximum atomic E-state index is 12.9. The van der Waals surface area contributed by atoms with Crippen LogP contribution in [0.5, 0.6) is 0 Å². The van der Waals surface area contributed by atoms with Crippen molar-refractivity contribution in [1.82, 2.24) is 15.0 Å². The van der Waals surface area contributed by atoms with Crippen molar-refractivity contribution in [3.63, 3.8) is 0 Å². The summed E-state index contributed by atoms with van der Waals surface area (Å²) in [7, 11) is 0. The van der Waals surface area contributed by atoms with Crippen molar-refractivity contribution in [2.45, 2.75) is 13.5 Å². The number of rotatable bonds is 5. The lowest BCUT2D eigenvalue weighted by Crippen LogP contribution is -2.16. The van der Waals surface area contributed by atoms with Gasteiger partial charge in [-0.1, -0.05) is 6.07 Å². The summed E-state index contributed by atoms with van der Waals surface area (Å²) in [6, 6.07) is 10.9. The van der Waals surface area contributed by atoms with Gasteiger partial charge in [-0.25, -0.2) is 14.4 Å². The van der Waals surface area contributed by atoms with E-state index >= 15 is 0 Å². The first-order valence-corrected chi connectivity index (χ1v) is 7.65. The summed E-state index contributed by atoms with van der Waals surface area (Å²) in [6.45, 7) is 2.28. The maximum absolute atomic E-state index is 12.9. The number of carbonyl (C=O) groups excluding carboxylic acids is 1. The number of pyridine rings is 1. The summed E-state index contributed by atoms with van der Waals surface area (Å²) in [6.07, 6.45) is 3.44. The van der Waals surface area contributed by atoms with E-state index in [2.05, 4.69) is 25.6 Å². The highest BCUT2D eigenvalue weighted by atomic mass is 19.1. The number of anilines is 2. The Labute approximate surface area is 144 Å². The average Bonchev–Trinajstić information content (AvgIpc) is 2.62. The second kappa shape index (κ2) is 7.48. The lowest BCUT2D eigenvalue weighted by atomic mass is 10.2. The molecule has 2 aromatic heterocycles. The molecule has 0 fully saturated rings. The van der Waals surface area contributed by atoms with E-state index in [1.807, 2.05) is 12.1 Å². The number of nitrogens with zero attached hydrogens (tertiary/aromatic N) is 3. The van der Waals surface area contributed by atoms with Gasteiger partial charge < -0.3 is 10.6 Å². The van der Waals surface area contributed by atoms with Gasteiger partial charge in [0, 0.05) is 30.3 Å². The number of halogens is 1. The predicted molar refractivity (Wildman–Crippen MR) is 92.7 cm³/mol. The van der Waals surface area contributed by atoms with E-state index in [1.165, 1.54) is 24.3 Å². The van der Waals surface area contributed by atoms with Crippen LogP contribution in [0.2, 0.25) is 0 Å². The second-order valence-corrected chi connectivity index (χ2v) is 5.39. The molecule has 7 heteroatoms. The number of carbonyl (C=O) groups is 1. The van der Waals surface area contributed by atoms with E-state index in [9.17, 15) is 9.18 Å². The van der Waals surface area contributed by atoms with Gasteiger partial charge in [-0.05, 0) is 48.9 Å². The lowest BCUT2D eigenvalue weighted by Gasteiger charge is -2.09. The first-order valence-electron chi connectivity index (χ1n) is 7.65. The van der Waals surface area contributed by atoms with Crippen LogP contribution in [-0.2, 0) is 6.54 Å². The zero-order valence-corrected chi connectivity index (χ0v) is 13.5. The minimum absolute atomic E-state index is 0.227. The van der Waals surface area contributed by atoms with Crippen molar-refractivity contribution in [1.29, 1.82) is 0 Å². The van der Waals surface area contributed by atoms with Crippen molar-refractivity contribution in [2.24, 2.45) is 0 Å². The molecule has 0 atom stereocenters. The van der Waals surface area contributed by atoms with E-state index in [4.69, 9.17) is 0 Å². The Bertz CT molecular complexity index is 868. The third kappa shape index (κ3) is 4.57. The molecule has 6 nitrogen and oxygen atoms in total. The van der Waals surface area contributed by atoms with Crippen molar-refractivity contribution < 1.29 is 9.18 Å². The maximum Gasteiger partial charge on any atom is 0.274 e. The van der Waals surface area contributed by atoms with Crippen molar-refractivity contribution in [3.05, 3.63) is 77.6 Å². The first-order chi connectivity index (χ1) is 12.1. The van der Waals surface area contributed by atoms with E-state index in [-0.39, 0.29) is 17.4 Å². The molecule has 0 spiro atoms. The van der Waals surface area contributed by atoms with Crippen LogP contribution in [0.1, 0.15) is 21.7 Å². The molecule has 0 unspecified atom stereocenters. The average molecular weight is 337 g/mol. The van der Waals surface area contributed by atoms with Crippen LogP contribution in [0, 0.1) is 12.7 Å². The number of nitrogens with one attached hydrogen (secondary N) is 2. The van der Waals surface area contributed by atoms with Crippen LogP contribution in [-0.4, -0.2) is 20.9 Å². The zero-order valence-electron chi connectivity index (χ0n) is 13.5. The number of aromatic nitrogens is 3. The molecule has 0 saturated heterocycles. The Kier molecular flexibility index (Phi) is 4.94. The van der Waals surface area contributed by atoms with Gasteiger partial charge in [-0.2, -0.15) is 0 Å². The Morgan fingerprint density at radius 2 is 1.96 bits per heavy atom. The third-order valence-electron chi connectivity index (χ3n) is 3.36. The van der Waals surface area contributed by atoms with E-state index in [1.54, 1.807) is 25.4 Å². The Morgan fingerprint density at radius 1 is 1.16 bits per heavy atom. The number of aryl methyl sites for hydroxylation is 1. The number of benzene rings is 1. The highest BCUT2D eigenvalue weighted by molar-refractivity contribution is 6.03. The van der Waals surface area contributed by atoms with Gasteiger partial charge in [-0.3, -0.25) is 9.78 Å². The van der Waals surface area contributed by atoms with Crippen LogP contribution >= 0.6 is 0 Å². The van der Waals surface area contributed by atoms with Crippen LogP contribution in [0.15, 0.2) is 54.9 Å². The SMILES string of the molecule is Cc1cc(C(=O)Nc2ccc(F)cc2)nc(NCc2cccnc2)n1. The summed E-state index contributed by atoms with van der Waals surface area (Å²) in [5.74, 6) is -0.396. The zero-order chi connectivity index (χ0) is 17.6. The largest absolute Gasteiger partial charge is 0.350 e. The molecule has 0 aliphatic rings. The standard InChI is InChI=1S/C18H16FN5O/c1-12-9-16(17(25)23-15-6-4-14(19)5-7-15)24-18(22-12)21-11-13-3-2-8-20-10-13/h2-10H,11H2,1H3,(H,23,25)(H,21,22,24). The molecule has 3 rings (SSSR count). The molecule has 2 N–H and O–H groups in total. The second-order valence-electron chi connectivity index (χ2n) is 5.39. The molecule has 0 saturated carbocycles. The van der Waals surface area contributed by atoms with Gasteiger partial charge in [0.1, 0.15) is 11.5 Å². The molecule has 0 aliphatic heterocycles. The van der Waals surface area contributed by atoms with Crippen LogP contribution in [0.3, 0.4) is 0 Å². The fourth-order valence-corrected chi connectivity index (χ4v) is 2.18. The van der Waals surface area contributed by atoms with Gasteiger partial charge in [0.05, 0.1) is 0 Å². The molecule has 0 bridgehead atoms. The topological polar surface area (TPSA) is 79.8 Å². The van der Waals surface area contributed by atoms with Gasteiger partial charge in [0.15, 0.2) is 0 Å². The Morgan fingerprint density at radius 3 is 2.68 bits per heavy atom. The van der Waals surface area contributed by atoms with Crippen LogP contribution in [0.25, 0.3) is 0 Å². The highest BCUT2D eigenvalue weighted by Crippen LogP contribution is 2.12. The van der Waals surface area contributed by atoms with E-state index < -0.39 is 0 Å². The Balaban J connectivity index is 1.72. The molecule has 25 heavy (non-hydrogen) atoms. The van der Waals surface area contributed by atoms with Crippen molar-refractivity contribution in [3.8, 4) is 0 Å². The molecule has 2 heterocycles. The molecule has 0 radical (unpaired) electrons. The highest BCUT2D eigenvalue weighted by Gasteiger charge is 2.11. The van der Waals surface area contributed by atoms with Crippen molar-refractivity contribution in [2.75, 3.05) is 10.6 Å². The smallest absolute Gasteiger partial charge is 0.274 e. The minimum Gasteiger partial charge on any atom is -0.350 e. The normalized spacial score (nSPS) is 10.3. The molecular formula is C18H16FN5O. The van der Waals surface area contributed by atoms with Gasteiger partial charge >= 0.3 is 0 Å². The lowest BCUT2D eigenvalue weighted by molar-refractivity contribution is 0.102. The first kappa shape index (κ1) is 16.5. The molecular weight excluding hydrogens is 321 g/mol. The summed E-state index contributed by atoms with van der Waals surface area (Å²) >= 11 is 0. The van der Waals surface area contributed by atoms with Gasteiger partial charge in [0.25, 0.3) is 5.91 Å². The molecule has 0 aliphatic carbocycles. The number of amides is 1. The summed E-state index contributed by atoms with van der Waals surface area (Å²) < 4.78 is 12.9. The predicted octanol–water partition coefficient (Wildman–Crippen LogP) is 3.18. The fourth-order valence-electron chi connectivity index (χ4n) is 2.18. The van der Waals surface area contributed by atoms with Crippen LogP contribution < -0.4 is 10.6 Å². The van der Waals surface area contributed by atoms with Gasteiger partial charge in [-0.15, -0.1) is 0 Å². The number of hydrogen-bond acceptors (Lipinski definition) is 5. The monoisotopic (exact) mass is 337 g/mol. The minimum atomic E-state index is -0.387. The summed E-state index contributed by atoms with van der Waals surface area (Å²) in [4.78, 5) is 24.9. The third-order valence-corrected chi connectivity index (χ3v) is 3.36. The molecule has 1 amide bonds. The van der Waals surface area contributed by atoms with Gasteiger partial charge in [0.2, 0.25) is 5.95 Å². The fraction of sp³-hybridized carbons (Fsp3) is 0.111. The summed E-state index contributed by atoms with van der Waals surface area (Å²) in [5, 5.41) is 5.76. The molecule has 1 aromatic carbocycles. The molecule has 3 aromatic rings. The van der Waals surface area contributed by atoms with Crippen molar-refractivity contribution >= 4 is 17.5 Å². The summed E-state index contributed by atoms with van der Waals surface area (Å²) in [5.41, 5.74) is 2.36.